The van der Waals surface area contributed by atoms with Crippen LogP contribution < -0.4 is 5.32 Å². The molecular formula is C12H16FN. The van der Waals surface area contributed by atoms with E-state index < -0.39 is 0 Å². The maximum absolute atomic E-state index is 12.7. The molecule has 0 bridgehead atoms. The van der Waals surface area contributed by atoms with Crippen molar-refractivity contribution in [2.45, 2.75) is 19.3 Å². The zero-order valence-electron chi connectivity index (χ0n) is 8.46. The van der Waals surface area contributed by atoms with Crippen molar-refractivity contribution in [2.24, 2.45) is 5.92 Å². The van der Waals surface area contributed by atoms with E-state index in [9.17, 15) is 4.39 Å². The van der Waals surface area contributed by atoms with Crippen LogP contribution in [0, 0.1) is 11.7 Å². The highest BCUT2D eigenvalue weighted by molar-refractivity contribution is 5.19. The molecule has 1 heterocycles. The van der Waals surface area contributed by atoms with Gasteiger partial charge in [0.1, 0.15) is 5.82 Å². The number of nitrogens with one attached hydrogen (secondary N) is 1. The molecule has 1 aliphatic rings. The average Bonchev–Trinajstić information content (AvgIpc) is 2.12. The molecule has 0 amide bonds. The van der Waals surface area contributed by atoms with Crippen molar-refractivity contribution in [3.63, 3.8) is 0 Å². The van der Waals surface area contributed by atoms with E-state index in [0.717, 1.165) is 19.0 Å². The Kier molecular flexibility index (Phi) is 2.82. The summed E-state index contributed by atoms with van der Waals surface area (Å²) < 4.78 is 12.7. The van der Waals surface area contributed by atoms with Crippen molar-refractivity contribution < 1.29 is 4.39 Å². The molecule has 2 heteroatoms. The van der Waals surface area contributed by atoms with E-state index in [0.29, 0.717) is 5.92 Å². The Morgan fingerprint density at radius 2 is 2.00 bits per heavy atom. The largest absolute Gasteiger partial charge is 0.316 e. The predicted molar refractivity (Wildman–Crippen MR) is 55.8 cm³/mol. The summed E-state index contributed by atoms with van der Waals surface area (Å²) in [5.74, 6) is 1.21. The zero-order valence-corrected chi connectivity index (χ0v) is 8.46. The smallest absolute Gasteiger partial charge is 0.123 e. The molecule has 0 radical (unpaired) electrons. The molecule has 1 nitrogen and oxygen atoms in total. The van der Waals surface area contributed by atoms with Crippen LogP contribution in [0.2, 0.25) is 0 Å². The second-order valence-corrected chi connectivity index (χ2v) is 4.21. The van der Waals surface area contributed by atoms with E-state index in [1.807, 2.05) is 12.1 Å². The number of benzene rings is 1. The van der Waals surface area contributed by atoms with E-state index in [1.165, 1.54) is 12.0 Å². The lowest BCUT2D eigenvalue weighted by molar-refractivity contribution is 0.310. The van der Waals surface area contributed by atoms with Crippen LogP contribution in [0.25, 0.3) is 0 Å². The molecule has 76 valence electrons. The highest BCUT2D eigenvalue weighted by Gasteiger charge is 2.19. The minimum absolute atomic E-state index is 0.147. The molecule has 0 aliphatic carbocycles. The number of hydrogen-bond acceptors (Lipinski definition) is 1. The first-order chi connectivity index (χ1) is 6.75. The van der Waals surface area contributed by atoms with Gasteiger partial charge < -0.3 is 5.32 Å². The lowest BCUT2D eigenvalue weighted by atomic mass is 9.87. The Morgan fingerprint density at radius 3 is 2.50 bits per heavy atom. The van der Waals surface area contributed by atoms with Gasteiger partial charge in [0.25, 0.3) is 0 Å². The lowest BCUT2D eigenvalue weighted by Gasteiger charge is -2.29. The lowest BCUT2D eigenvalue weighted by Crippen LogP contribution is -2.42. The van der Waals surface area contributed by atoms with Crippen molar-refractivity contribution in [1.82, 2.24) is 5.32 Å². The van der Waals surface area contributed by atoms with Gasteiger partial charge in [0, 0.05) is 0 Å². The third kappa shape index (κ3) is 2.13. The van der Waals surface area contributed by atoms with E-state index in [1.54, 1.807) is 12.1 Å². The summed E-state index contributed by atoms with van der Waals surface area (Å²) in [6.45, 7) is 4.50. The zero-order chi connectivity index (χ0) is 9.97. The summed E-state index contributed by atoms with van der Waals surface area (Å²) in [6.07, 6.45) is 1.21. The SMILES string of the molecule is CC(CC1CNC1)c1ccc(F)cc1. The Hall–Kier alpha value is -0.890. The minimum Gasteiger partial charge on any atom is -0.316 e. The van der Waals surface area contributed by atoms with Gasteiger partial charge in [0.2, 0.25) is 0 Å². The van der Waals surface area contributed by atoms with Crippen LogP contribution >= 0.6 is 0 Å². The van der Waals surface area contributed by atoms with Gasteiger partial charge in [-0.3, -0.25) is 0 Å². The molecule has 1 aliphatic heterocycles. The summed E-state index contributed by atoms with van der Waals surface area (Å²) in [5, 5.41) is 3.27. The molecule has 14 heavy (non-hydrogen) atoms. The second kappa shape index (κ2) is 4.09. The highest BCUT2D eigenvalue weighted by atomic mass is 19.1. The Balaban J connectivity index is 1.95. The van der Waals surface area contributed by atoms with Crippen molar-refractivity contribution in [3.8, 4) is 0 Å². The quantitative estimate of drug-likeness (QED) is 0.778. The summed E-state index contributed by atoms with van der Waals surface area (Å²) in [5.41, 5.74) is 1.25. The van der Waals surface area contributed by atoms with Gasteiger partial charge >= 0.3 is 0 Å². The Labute approximate surface area is 84.3 Å². The third-order valence-electron chi connectivity index (χ3n) is 2.99. The molecule has 2 rings (SSSR count). The van der Waals surface area contributed by atoms with Gasteiger partial charge in [-0.05, 0) is 49.0 Å². The van der Waals surface area contributed by atoms with Gasteiger partial charge in [-0.1, -0.05) is 19.1 Å². The third-order valence-corrected chi connectivity index (χ3v) is 2.99. The number of rotatable bonds is 3. The summed E-state index contributed by atoms with van der Waals surface area (Å²) in [6, 6.07) is 6.88. The van der Waals surface area contributed by atoms with Crippen molar-refractivity contribution in [3.05, 3.63) is 35.6 Å². The molecule has 1 fully saturated rings. The van der Waals surface area contributed by atoms with Gasteiger partial charge in [0.05, 0.1) is 0 Å². The van der Waals surface area contributed by atoms with Crippen LogP contribution in [0.1, 0.15) is 24.8 Å². The molecule has 1 atom stereocenters. The van der Waals surface area contributed by atoms with E-state index >= 15 is 0 Å². The number of halogens is 1. The highest BCUT2D eigenvalue weighted by Crippen LogP contribution is 2.25. The first-order valence-electron chi connectivity index (χ1n) is 5.22. The van der Waals surface area contributed by atoms with Crippen LogP contribution in [0.3, 0.4) is 0 Å². The molecule has 0 saturated carbocycles. The standard InChI is InChI=1S/C12H16FN/c1-9(6-10-7-14-8-10)11-2-4-12(13)5-3-11/h2-5,9-10,14H,6-8H2,1H3. The molecule has 0 aromatic heterocycles. The molecule has 1 aromatic carbocycles. The maximum atomic E-state index is 12.7. The topological polar surface area (TPSA) is 12.0 Å². The summed E-state index contributed by atoms with van der Waals surface area (Å²) >= 11 is 0. The van der Waals surface area contributed by atoms with Crippen molar-refractivity contribution >= 4 is 0 Å². The van der Waals surface area contributed by atoms with E-state index in [2.05, 4.69) is 12.2 Å². The van der Waals surface area contributed by atoms with Crippen LogP contribution in [0.5, 0.6) is 0 Å². The molecular weight excluding hydrogens is 177 g/mol. The average molecular weight is 193 g/mol. The van der Waals surface area contributed by atoms with E-state index in [4.69, 9.17) is 0 Å². The second-order valence-electron chi connectivity index (χ2n) is 4.21. The van der Waals surface area contributed by atoms with Gasteiger partial charge in [-0.15, -0.1) is 0 Å². The van der Waals surface area contributed by atoms with Gasteiger partial charge in [0.15, 0.2) is 0 Å². The molecule has 1 unspecified atom stereocenters. The van der Waals surface area contributed by atoms with Crippen LogP contribution in [-0.2, 0) is 0 Å². The fraction of sp³-hybridized carbons (Fsp3) is 0.500. The van der Waals surface area contributed by atoms with Crippen molar-refractivity contribution in [2.75, 3.05) is 13.1 Å². The van der Waals surface area contributed by atoms with Crippen molar-refractivity contribution in [1.29, 1.82) is 0 Å². The normalized spacial score (nSPS) is 19.0. The first-order valence-corrected chi connectivity index (χ1v) is 5.22. The Bertz CT molecular complexity index is 290. The number of hydrogen-bond donors (Lipinski definition) is 1. The fourth-order valence-corrected chi connectivity index (χ4v) is 1.94. The minimum atomic E-state index is -0.147. The van der Waals surface area contributed by atoms with Crippen LogP contribution in [-0.4, -0.2) is 13.1 Å². The fourth-order valence-electron chi connectivity index (χ4n) is 1.94. The first kappa shape index (κ1) is 9.66. The summed E-state index contributed by atoms with van der Waals surface area (Å²) in [4.78, 5) is 0. The Morgan fingerprint density at radius 1 is 1.36 bits per heavy atom. The molecule has 1 saturated heterocycles. The summed E-state index contributed by atoms with van der Waals surface area (Å²) in [7, 11) is 0. The molecule has 1 aromatic rings. The predicted octanol–water partition coefficient (Wildman–Crippen LogP) is 2.54. The van der Waals surface area contributed by atoms with E-state index in [-0.39, 0.29) is 5.82 Å². The monoisotopic (exact) mass is 193 g/mol. The van der Waals surface area contributed by atoms with Gasteiger partial charge in [-0.25, -0.2) is 4.39 Å². The maximum Gasteiger partial charge on any atom is 0.123 e. The van der Waals surface area contributed by atoms with Gasteiger partial charge in [-0.2, -0.15) is 0 Å². The van der Waals surface area contributed by atoms with Crippen LogP contribution in [0.15, 0.2) is 24.3 Å². The molecule has 0 spiro atoms. The van der Waals surface area contributed by atoms with Crippen LogP contribution in [0.4, 0.5) is 4.39 Å². The molecule has 1 N–H and O–H groups in total.